The summed E-state index contributed by atoms with van der Waals surface area (Å²) in [6.07, 6.45) is 13.4. The number of esters is 2. The molecule has 0 radical (unpaired) electrons. The van der Waals surface area contributed by atoms with Gasteiger partial charge in [0.25, 0.3) is 0 Å². The predicted octanol–water partition coefficient (Wildman–Crippen LogP) is 9.23. The van der Waals surface area contributed by atoms with Crippen LogP contribution in [0.15, 0.2) is 23.3 Å². The van der Waals surface area contributed by atoms with Crippen LogP contribution in [0.4, 0.5) is 0 Å². The molecule has 0 aliphatic heterocycles. The molecule has 6 atom stereocenters. The Morgan fingerprint density at radius 1 is 0.737 bits per heavy atom. The molecule has 218 valence electrons. The average molecular weight is 531 g/mol. The second kappa shape index (κ2) is 14.2. The molecule has 4 heteroatoms. The van der Waals surface area contributed by atoms with Gasteiger partial charge in [-0.05, 0) is 114 Å². The fraction of sp³-hybridized carbons (Fsp3) is 0.824. The Bertz CT molecular complexity index is 779. The van der Waals surface area contributed by atoms with E-state index in [1.54, 1.807) is 0 Å². The third-order valence-electron chi connectivity index (χ3n) is 10.7. The van der Waals surface area contributed by atoms with Crippen molar-refractivity contribution < 1.29 is 19.1 Å². The number of carbonyl (C=O) groups is 2. The molecule has 2 rings (SSSR count). The third-order valence-corrected chi connectivity index (χ3v) is 10.7. The van der Waals surface area contributed by atoms with E-state index in [1.807, 2.05) is 13.8 Å². The van der Waals surface area contributed by atoms with E-state index >= 15 is 0 Å². The van der Waals surface area contributed by atoms with Crippen LogP contribution in [0.2, 0.25) is 0 Å². The maximum absolute atomic E-state index is 12.4. The molecular weight excluding hydrogens is 472 g/mol. The number of rotatable bonds is 15. The fourth-order valence-electron chi connectivity index (χ4n) is 6.06. The highest BCUT2D eigenvalue weighted by molar-refractivity contribution is 5.70. The molecule has 4 nitrogen and oxygen atoms in total. The van der Waals surface area contributed by atoms with E-state index in [4.69, 9.17) is 9.47 Å². The van der Waals surface area contributed by atoms with Crippen LogP contribution in [0.5, 0.6) is 0 Å². The second-order valence-corrected chi connectivity index (χ2v) is 13.8. The molecule has 0 N–H and O–H groups in total. The summed E-state index contributed by atoms with van der Waals surface area (Å²) in [7, 11) is 0. The van der Waals surface area contributed by atoms with Gasteiger partial charge in [-0.25, -0.2) is 0 Å². The van der Waals surface area contributed by atoms with E-state index in [-0.39, 0.29) is 35.0 Å². The Labute approximate surface area is 234 Å². The highest BCUT2D eigenvalue weighted by Gasteiger charge is 2.36. The molecule has 2 aliphatic rings. The molecule has 0 fully saturated rings. The monoisotopic (exact) mass is 530 g/mol. The number of unbranched alkanes of at least 4 members (excludes halogenated alkanes) is 1. The van der Waals surface area contributed by atoms with Crippen LogP contribution in [-0.4, -0.2) is 24.1 Å². The van der Waals surface area contributed by atoms with Gasteiger partial charge in [0.2, 0.25) is 0 Å². The van der Waals surface area contributed by atoms with Gasteiger partial charge >= 0.3 is 11.9 Å². The smallest absolute Gasteiger partial charge is 0.306 e. The predicted molar refractivity (Wildman–Crippen MR) is 158 cm³/mol. The van der Waals surface area contributed by atoms with E-state index in [2.05, 4.69) is 67.5 Å². The van der Waals surface area contributed by atoms with Gasteiger partial charge in [-0.15, -0.1) is 0 Å². The maximum atomic E-state index is 12.4. The molecule has 0 saturated carbocycles. The molecule has 0 aromatic heterocycles. The molecule has 0 aromatic rings. The van der Waals surface area contributed by atoms with Crippen LogP contribution in [0.1, 0.15) is 133 Å². The number of hydrogen-bond acceptors (Lipinski definition) is 4. The molecule has 2 aliphatic carbocycles. The Hall–Kier alpha value is -1.58. The first-order chi connectivity index (χ1) is 17.7. The van der Waals surface area contributed by atoms with Crippen LogP contribution >= 0.6 is 0 Å². The lowest BCUT2D eigenvalue weighted by atomic mass is 9.74. The van der Waals surface area contributed by atoms with Crippen LogP contribution in [0.3, 0.4) is 0 Å². The third kappa shape index (κ3) is 8.98. The SMILES string of the molecule is CC1=CCC(CCC(C)C(C)OC(=O)CCCCC(=O)OC(C)C(C)CCC2CC=C(C)C2(C)C)C1(C)C. The highest BCUT2D eigenvalue weighted by atomic mass is 16.5. The first-order valence-electron chi connectivity index (χ1n) is 15.4. The Morgan fingerprint density at radius 3 is 1.37 bits per heavy atom. The van der Waals surface area contributed by atoms with Crippen molar-refractivity contribution in [3.05, 3.63) is 23.3 Å². The van der Waals surface area contributed by atoms with E-state index in [1.165, 1.54) is 24.0 Å². The van der Waals surface area contributed by atoms with Crippen LogP contribution in [0.25, 0.3) is 0 Å². The van der Waals surface area contributed by atoms with E-state index in [0.29, 0.717) is 49.4 Å². The van der Waals surface area contributed by atoms with Gasteiger partial charge in [-0.2, -0.15) is 0 Å². The number of hydrogen-bond donors (Lipinski definition) is 0. The van der Waals surface area contributed by atoms with Crippen molar-refractivity contribution in [2.75, 3.05) is 0 Å². The summed E-state index contributed by atoms with van der Waals surface area (Å²) in [6.45, 7) is 22.3. The van der Waals surface area contributed by atoms with Gasteiger partial charge in [0.05, 0.1) is 0 Å². The zero-order chi connectivity index (χ0) is 28.7. The lowest BCUT2D eigenvalue weighted by Crippen LogP contribution is -2.25. The van der Waals surface area contributed by atoms with Crippen molar-refractivity contribution in [2.45, 2.75) is 146 Å². The maximum Gasteiger partial charge on any atom is 0.306 e. The Morgan fingerprint density at radius 2 is 1.08 bits per heavy atom. The lowest BCUT2D eigenvalue weighted by molar-refractivity contribution is -0.153. The average Bonchev–Trinajstić information content (AvgIpc) is 3.25. The zero-order valence-electron chi connectivity index (χ0n) is 26.3. The van der Waals surface area contributed by atoms with Gasteiger partial charge in [-0.1, -0.05) is 64.8 Å². The van der Waals surface area contributed by atoms with Gasteiger partial charge in [0.1, 0.15) is 12.2 Å². The van der Waals surface area contributed by atoms with Crippen molar-refractivity contribution in [3.8, 4) is 0 Å². The minimum Gasteiger partial charge on any atom is -0.462 e. The van der Waals surface area contributed by atoms with Crippen molar-refractivity contribution in [2.24, 2.45) is 34.5 Å². The minimum atomic E-state index is -0.155. The van der Waals surface area contributed by atoms with Gasteiger partial charge < -0.3 is 9.47 Å². The quantitative estimate of drug-likeness (QED) is 0.120. The van der Waals surface area contributed by atoms with E-state index in [0.717, 1.165) is 25.7 Å². The van der Waals surface area contributed by atoms with Crippen LogP contribution < -0.4 is 0 Å². The van der Waals surface area contributed by atoms with Crippen molar-refractivity contribution in [3.63, 3.8) is 0 Å². The zero-order valence-corrected chi connectivity index (χ0v) is 26.3. The van der Waals surface area contributed by atoms with Gasteiger partial charge in [-0.3, -0.25) is 9.59 Å². The summed E-state index contributed by atoms with van der Waals surface area (Å²) < 4.78 is 11.4. The minimum absolute atomic E-state index is 0.0807. The molecule has 0 amide bonds. The second-order valence-electron chi connectivity index (χ2n) is 13.8. The highest BCUT2D eigenvalue weighted by Crippen LogP contribution is 2.46. The standard InChI is InChI=1S/C34H58O4/c1-23(15-19-29-21-17-25(3)33(29,7)8)27(5)37-31(35)13-11-12-14-32(36)38-28(6)24(2)16-20-30-22-18-26(4)34(30,9)10/h17-18,23-24,27-30H,11-16,19-22H2,1-10H3. The molecule has 6 unspecified atom stereocenters. The van der Waals surface area contributed by atoms with Crippen LogP contribution in [0, 0.1) is 34.5 Å². The molecule has 0 aromatic carbocycles. The summed E-state index contributed by atoms with van der Waals surface area (Å²) in [4.78, 5) is 24.7. The summed E-state index contributed by atoms with van der Waals surface area (Å²) in [6, 6.07) is 0. The molecule has 38 heavy (non-hydrogen) atoms. The Kier molecular flexibility index (Phi) is 12.2. The summed E-state index contributed by atoms with van der Waals surface area (Å²) in [5.41, 5.74) is 3.55. The van der Waals surface area contributed by atoms with Gasteiger partial charge in [0.15, 0.2) is 0 Å². The largest absolute Gasteiger partial charge is 0.462 e. The number of ether oxygens (including phenoxy) is 2. The Balaban J connectivity index is 1.57. The van der Waals surface area contributed by atoms with Crippen molar-refractivity contribution in [1.82, 2.24) is 0 Å². The first kappa shape index (κ1) is 32.6. The topological polar surface area (TPSA) is 52.6 Å². The van der Waals surface area contributed by atoms with Crippen molar-refractivity contribution in [1.29, 1.82) is 0 Å². The number of allylic oxidation sites excluding steroid dienone is 4. The molecule has 0 spiro atoms. The van der Waals surface area contributed by atoms with Gasteiger partial charge in [0, 0.05) is 12.8 Å². The molecule has 0 heterocycles. The summed E-state index contributed by atoms with van der Waals surface area (Å²) in [5, 5.41) is 0. The van der Waals surface area contributed by atoms with Crippen LogP contribution in [-0.2, 0) is 19.1 Å². The molecule has 0 bridgehead atoms. The molecule has 0 saturated heterocycles. The lowest BCUT2D eigenvalue weighted by Gasteiger charge is -2.31. The fourth-order valence-corrected chi connectivity index (χ4v) is 6.06. The van der Waals surface area contributed by atoms with E-state index < -0.39 is 0 Å². The van der Waals surface area contributed by atoms with E-state index in [9.17, 15) is 9.59 Å². The van der Waals surface area contributed by atoms with Crippen molar-refractivity contribution >= 4 is 11.9 Å². The first-order valence-corrected chi connectivity index (χ1v) is 15.4. The summed E-state index contributed by atoms with van der Waals surface area (Å²) >= 11 is 0. The summed E-state index contributed by atoms with van der Waals surface area (Å²) in [5.74, 6) is 1.73. The molecular formula is C34H58O4. The normalized spacial score (nSPS) is 25.2. The number of carbonyl (C=O) groups excluding carboxylic acids is 2.